The van der Waals surface area contributed by atoms with E-state index in [2.05, 4.69) is 15.5 Å². The molecule has 0 saturated heterocycles. The van der Waals surface area contributed by atoms with E-state index in [1.54, 1.807) is 0 Å². The topological polar surface area (TPSA) is 81.7 Å². The third-order valence-corrected chi connectivity index (χ3v) is 2.64. The molecule has 1 aliphatic rings. The first-order valence-corrected chi connectivity index (χ1v) is 5.48. The minimum absolute atomic E-state index is 0.431. The number of nitrogens with zero attached hydrogens (tertiary/aromatic N) is 1. The molecule has 1 saturated carbocycles. The van der Waals surface area contributed by atoms with Gasteiger partial charge in [-0.3, -0.25) is 4.79 Å². The number of hydrogen-bond acceptors (Lipinski definition) is 3. The van der Waals surface area contributed by atoms with E-state index in [9.17, 15) is 9.59 Å². The molecule has 1 atom stereocenters. The standard InChI is InChI=1S/C10H19N3O3/c1-7(9(14)15)12-10(16)11-5-6-13(2)8-3-4-8/h7-8H,3-6H2,1-2H3,(H,14,15)(H2,11,12,16)/t7-/m1/s1. The Balaban J connectivity index is 2.07. The minimum atomic E-state index is -1.04. The molecular formula is C10H19N3O3. The zero-order chi connectivity index (χ0) is 12.1. The fourth-order valence-electron chi connectivity index (χ4n) is 1.35. The van der Waals surface area contributed by atoms with Gasteiger partial charge in [0, 0.05) is 19.1 Å². The lowest BCUT2D eigenvalue weighted by molar-refractivity contribution is -0.138. The van der Waals surface area contributed by atoms with E-state index in [4.69, 9.17) is 5.11 Å². The molecule has 16 heavy (non-hydrogen) atoms. The normalized spacial score (nSPS) is 16.9. The highest BCUT2D eigenvalue weighted by Crippen LogP contribution is 2.24. The second kappa shape index (κ2) is 5.69. The maximum atomic E-state index is 11.2. The van der Waals surface area contributed by atoms with Crippen LogP contribution in [0, 0.1) is 0 Å². The molecule has 0 aromatic rings. The number of nitrogens with one attached hydrogen (secondary N) is 2. The molecule has 92 valence electrons. The Kier molecular flexibility index (Phi) is 4.54. The van der Waals surface area contributed by atoms with Crippen molar-refractivity contribution in [3.8, 4) is 0 Å². The van der Waals surface area contributed by atoms with Crippen LogP contribution in [-0.4, -0.2) is 54.2 Å². The van der Waals surface area contributed by atoms with Gasteiger partial charge in [-0.05, 0) is 26.8 Å². The summed E-state index contributed by atoms with van der Waals surface area (Å²) in [5, 5.41) is 13.5. The number of carbonyl (C=O) groups is 2. The number of urea groups is 1. The van der Waals surface area contributed by atoms with Crippen LogP contribution in [0.3, 0.4) is 0 Å². The van der Waals surface area contributed by atoms with Crippen molar-refractivity contribution in [2.24, 2.45) is 0 Å². The number of carbonyl (C=O) groups excluding carboxylic acids is 1. The average Bonchev–Trinajstić information content (AvgIpc) is 3.00. The van der Waals surface area contributed by atoms with Crippen molar-refractivity contribution >= 4 is 12.0 Å². The Labute approximate surface area is 95.0 Å². The second-order valence-corrected chi connectivity index (χ2v) is 4.17. The van der Waals surface area contributed by atoms with Crippen molar-refractivity contribution in [2.45, 2.75) is 31.8 Å². The van der Waals surface area contributed by atoms with Crippen molar-refractivity contribution in [1.29, 1.82) is 0 Å². The van der Waals surface area contributed by atoms with Gasteiger partial charge in [0.15, 0.2) is 0 Å². The van der Waals surface area contributed by atoms with Crippen molar-refractivity contribution in [3.05, 3.63) is 0 Å². The van der Waals surface area contributed by atoms with E-state index < -0.39 is 18.0 Å². The highest BCUT2D eigenvalue weighted by Gasteiger charge is 2.25. The average molecular weight is 229 g/mol. The van der Waals surface area contributed by atoms with E-state index in [0.717, 1.165) is 6.54 Å². The van der Waals surface area contributed by atoms with Crippen molar-refractivity contribution < 1.29 is 14.7 Å². The Morgan fingerprint density at radius 1 is 1.50 bits per heavy atom. The number of carboxylic acid groups (broad SMARTS) is 1. The van der Waals surface area contributed by atoms with Crippen molar-refractivity contribution in [2.75, 3.05) is 20.1 Å². The predicted molar refractivity (Wildman–Crippen MR) is 59.3 cm³/mol. The number of likely N-dealkylation sites (N-methyl/N-ethyl adjacent to an activating group) is 1. The SMILES string of the molecule is C[C@@H](NC(=O)NCCN(C)C1CC1)C(=O)O. The summed E-state index contributed by atoms with van der Waals surface area (Å²) in [7, 11) is 2.02. The Bertz CT molecular complexity index is 266. The molecule has 0 aromatic heterocycles. The summed E-state index contributed by atoms with van der Waals surface area (Å²) >= 11 is 0. The maximum Gasteiger partial charge on any atom is 0.325 e. The van der Waals surface area contributed by atoms with Crippen LogP contribution in [0.1, 0.15) is 19.8 Å². The van der Waals surface area contributed by atoms with E-state index >= 15 is 0 Å². The number of rotatable bonds is 6. The van der Waals surface area contributed by atoms with Gasteiger partial charge in [0.05, 0.1) is 0 Å². The van der Waals surface area contributed by atoms with Crippen LogP contribution < -0.4 is 10.6 Å². The third-order valence-electron chi connectivity index (χ3n) is 2.64. The van der Waals surface area contributed by atoms with Crippen LogP contribution in [0.4, 0.5) is 4.79 Å². The number of hydrogen-bond donors (Lipinski definition) is 3. The fraction of sp³-hybridized carbons (Fsp3) is 0.800. The van der Waals surface area contributed by atoms with E-state index in [0.29, 0.717) is 12.6 Å². The second-order valence-electron chi connectivity index (χ2n) is 4.17. The molecule has 0 aromatic carbocycles. The van der Waals surface area contributed by atoms with Gasteiger partial charge in [0.25, 0.3) is 0 Å². The lowest BCUT2D eigenvalue weighted by Gasteiger charge is -2.16. The van der Waals surface area contributed by atoms with Gasteiger partial charge in [-0.25, -0.2) is 4.79 Å². The van der Waals surface area contributed by atoms with E-state index in [1.165, 1.54) is 19.8 Å². The Hall–Kier alpha value is -1.30. The van der Waals surface area contributed by atoms with Gasteiger partial charge in [-0.2, -0.15) is 0 Å². The molecule has 2 amide bonds. The summed E-state index contributed by atoms with van der Waals surface area (Å²) < 4.78 is 0. The van der Waals surface area contributed by atoms with Gasteiger partial charge in [0.1, 0.15) is 6.04 Å². The highest BCUT2D eigenvalue weighted by molar-refractivity contribution is 5.82. The van der Waals surface area contributed by atoms with Gasteiger partial charge in [0.2, 0.25) is 0 Å². The highest BCUT2D eigenvalue weighted by atomic mass is 16.4. The summed E-state index contributed by atoms with van der Waals surface area (Å²) in [5.41, 5.74) is 0. The number of amides is 2. The number of carboxylic acids is 1. The maximum absolute atomic E-state index is 11.2. The predicted octanol–water partition coefficient (Wildman–Crippen LogP) is -0.147. The first-order valence-electron chi connectivity index (χ1n) is 5.48. The van der Waals surface area contributed by atoms with Crippen LogP contribution in [0.25, 0.3) is 0 Å². The van der Waals surface area contributed by atoms with Crippen LogP contribution in [-0.2, 0) is 4.79 Å². The first kappa shape index (κ1) is 12.8. The monoisotopic (exact) mass is 229 g/mol. The molecule has 0 aliphatic heterocycles. The zero-order valence-electron chi connectivity index (χ0n) is 9.69. The molecule has 1 aliphatic carbocycles. The fourth-order valence-corrected chi connectivity index (χ4v) is 1.35. The Morgan fingerprint density at radius 2 is 2.12 bits per heavy atom. The summed E-state index contributed by atoms with van der Waals surface area (Å²) in [6.07, 6.45) is 2.47. The molecule has 0 unspecified atom stereocenters. The summed E-state index contributed by atoms with van der Waals surface area (Å²) in [6, 6.07) is -0.622. The molecule has 6 heteroatoms. The summed E-state index contributed by atoms with van der Waals surface area (Å²) in [5.74, 6) is -1.04. The lowest BCUT2D eigenvalue weighted by Crippen LogP contribution is -2.46. The molecule has 1 rings (SSSR count). The quantitative estimate of drug-likeness (QED) is 0.592. The minimum Gasteiger partial charge on any atom is -0.480 e. The number of aliphatic carboxylic acids is 1. The molecule has 0 heterocycles. The largest absolute Gasteiger partial charge is 0.480 e. The molecule has 0 bridgehead atoms. The molecule has 0 spiro atoms. The van der Waals surface area contributed by atoms with Crippen molar-refractivity contribution in [3.63, 3.8) is 0 Å². The van der Waals surface area contributed by atoms with Crippen molar-refractivity contribution in [1.82, 2.24) is 15.5 Å². The molecular weight excluding hydrogens is 210 g/mol. The molecule has 0 radical (unpaired) electrons. The van der Waals surface area contributed by atoms with Gasteiger partial charge >= 0.3 is 12.0 Å². The van der Waals surface area contributed by atoms with Crippen LogP contribution >= 0.6 is 0 Å². The first-order chi connectivity index (χ1) is 7.50. The molecule has 1 fully saturated rings. The smallest absolute Gasteiger partial charge is 0.325 e. The Morgan fingerprint density at radius 3 is 2.62 bits per heavy atom. The lowest BCUT2D eigenvalue weighted by atomic mass is 10.3. The molecule has 3 N–H and O–H groups in total. The molecule has 6 nitrogen and oxygen atoms in total. The van der Waals surface area contributed by atoms with E-state index in [-0.39, 0.29) is 0 Å². The van der Waals surface area contributed by atoms with Gasteiger partial charge < -0.3 is 20.6 Å². The van der Waals surface area contributed by atoms with Crippen LogP contribution in [0.2, 0.25) is 0 Å². The summed E-state index contributed by atoms with van der Waals surface area (Å²) in [4.78, 5) is 23.9. The summed E-state index contributed by atoms with van der Waals surface area (Å²) in [6.45, 7) is 2.75. The van der Waals surface area contributed by atoms with Gasteiger partial charge in [-0.1, -0.05) is 0 Å². The third kappa shape index (κ3) is 4.48. The van der Waals surface area contributed by atoms with Gasteiger partial charge in [-0.15, -0.1) is 0 Å². The van der Waals surface area contributed by atoms with E-state index in [1.807, 2.05) is 7.05 Å². The van der Waals surface area contributed by atoms with Crippen LogP contribution in [0.5, 0.6) is 0 Å². The zero-order valence-corrected chi connectivity index (χ0v) is 9.69. The van der Waals surface area contributed by atoms with Crippen LogP contribution in [0.15, 0.2) is 0 Å².